The molecular weight excluding hydrogens is 596 g/mol. The maximum absolute atomic E-state index is 12.6. The van der Waals surface area contributed by atoms with Crippen molar-refractivity contribution in [2.24, 2.45) is 0 Å². The largest absolute Gasteiger partial charge is 0.458 e. The lowest BCUT2D eigenvalue weighted by Crippen LogP contribution is -2.22. The number of rotatable bonds is 15. The van der Waals surface area contributed by atoms with E-state index in [0.29, 0.717) is 22.6 Å². The molecule has 0 N–H and O–H groups in total. The highest BCUT2D eigenvalue weighted by Crippen LogP contribution is 2.18. The molecule has 47 heavy (non-hydrogen) atoms. The van der Waals surface area contributed by atoms with E-state index >= 15 is 0 Å². The first-order chi connectivity index (χ1) is 22.7. The predicted molar refractivity (Wildman–Crippen MR) is 178 cm³/mol. The zero-order valence-electron chi connectivity index (χ0n) is 27.0. The molecule has 1 unspecified atom stereocenters. The van der Waals surface area contributed by atoms with Crippen LogP contribution in [0.4, 0.5) is 0 Å². The Kier molecular flexibility index (Phi) is 12.9. The van der Waals surface area contributed by atoms with Gasteiger partial charge in [0.1, 0.15) is 24.2 Å². The van der Waals surface area contributed by atoms with Crippen molar-refractivity contribution >= 4 is 23.9 Å². The quantitative estimate of drug-likeness (QED) is 0.0950. The topological polar surface area (TPSA) is 105 Å². The van der Waals surface area contributed by atoms with Crippen LogP contribution in [-0.4, -0.2) is 36.6 Å². The second-order valence-corrected chi connectivity index (χ2v) is 11.2. The van der Waals surface area contributed by atoms with E-state index < -0.39 is 30.0 Å². The standard InChI is InChI=1S/C39H40O8/c1-4-6-8-28-10-14-31(15-11-28)38(42)46-34-22-18-30(19-23-34)36(40)44-26-27(3)45-37(41)33-20-24-35(25-21-33)47-39(43)32-16-12-29(13-17-32)9-7-5-2/h10-25,27H,4-9,26H2,1-3H3. The third-order valence-electron chi connectivity index (χ3n) is 7.38. The van der Waals surface area contributed by atoms with E-state index in [9.17, 15) is 19.2 Å². The van der Waals surface area contributed by atoms with Gasteiger partial charge in [0.15, 0.2) is 0 Å². The fourth-order valence-corrected chi connectivity index (χ4v) is 4.59. The Hall–Kier alpha value is -5.24. The Bertz CT molecular complexity index is 1620. The van der Waals surface area contributed by atoms with Gasteiger partial charge in [0, 0.05) is 0 Å². The first-order valence-corrected chi connectivity index (χ1v) is 16.0. The van der Waals surface area contributed by atoms with Crippen LogP contribution >= 0.6 is 0 Å². The Morgan fingerprint density at radius 1 is 0.511 bits per heavy atom. The summed E-state index contributed by atoms with van der Waals surface area (Å²) in [5, 5.41) is 0. The zero-order valence-corrected chi connectivity index (χ0v) is 27.0. The first kappa shape index (κ1) is 34.6. The molecule has 0 aliphatic carbocycles. The molecule has 4 aromatic rings. The predicted octanol–water partition coefficient (Wildman–Crippen LogP) is 8.21. The Labute approximate surface area is 275 Å². The third-order valence-corrected chi connectivity index (χ3v) is 7.38. The molecule has 8 nitrogen and oxygen atoms in total. The van der Waals surface area contributed by atoms with Crippen LogP contribution in [0.5, 0.6) is 11.5 Å². The molecular formula is C39H40O8. The molecule has 0 saturated heterocycles. The van der Waals surface area contributed by atoms with Crippen LogP contribution in [0.3, 0.4) is 0 Å². The number of carbonyl (C=O) groups is 4. The summed E-state index contributed by atoms with van der Waals surface area (Å²) >= 11 is 0. The first-order valence-electron chi connectivity index (χ1n) is 16.0. The molecule has 0 spiro atoms. The number of esters is 4. The summed E-state index contributed by atoms with van der Waals surface area (Å²) in [5.74, 6) is -1.62. The monoisotopic (exact) mass is 636 g/mol. The summed E-state index contributed by atoms with van der Waals surface area (Å²) in [6.45, 7) is 5.71. The maximum atomic E-state index is 12.6. The molecule has 8 heteroatoms. The fourth-order valence-electron chi connectivity index (χ4n) is 4.59. The Morgan fingerprint density at radius 2 is 0.872 bits per heavy atom. The number of unbranched alkanes of at least 4 members (excludes halogenated alkanes) is 2. The summed E-state index contributed by atoms with van der Waals surface area (Å²) in [7, 11) is 0. The van der Waals surface area contributed by atoms with Crippen molar-refractivity contribution in [1.82, 2.24) is 0 Å². The van der Waals surface area contributed by atoms with Crippen LogP contribution in [0.25, 0.3) is 0 Å². The molecule has 0 heterocycles. The average Bonchev–Trinajstić information content (AvgIpc) is 3.09. The van der Waals surface area contributed by atoms with Gasteiger partial charge in [0.25, 0.3) is 0 Å². The molecule has 0 saturated carbocycles. The Morgan fingerprint density at radius 3 is 1.28 bits per heavy atom. The van der Waals surface area contributed by atoms with E-state index in [1.807, 2.05) is 24.3 Å². The average molecular weight is 637 g/mol. The molecule has 1 atom stereocenters. The lowest BCUT2D eigenvalue weighted by atomic mass is 10.1. The summed E-state index contributed by atoms with van der Waals surface area (Å²) in [6, 6.07) is 26.7. The molecule has 0 aromatic heterocycles. The normalized spacial score (nSPS) is 11.3. The van der Waals surface area contributed by atoms with Gasteiger partial charge in [-0.1, -0.05) is 51.0 Å². The number of hydrogen-bond acceptors (Lipinski definition) is 8. The van der Waals surface area contributed by atoms with Gasteiger partial charge in [-0.3, -0.25) is 0 Å². The number of ether oxygens (including phenoxy) is 4. The fraction of sp³-hybridized carbons (Fsp3) is 0.282. The molecule has 4 rings (SSSR count). The second-order valence-electron chi connectivity index (χ2n) is 11.2. The van der Waals surface area contributed by atoms with E-state index in [2.05, 4.69) is 13.8 Å². The SMILES string of the molecule is CCCCc1ccc(C(=O)Oc2ccc(C(=O)OCC(C)OC(=O)c3ccc(OC(=O)c4ccc(CCCC)cc4)cc3)cc2)cc1. The van der Waals surface area contributed by atoms with E-state index in [4.69, 9.17) is 18.9 Å². The van der Waals surface area contributed by atoms with Crippen molar-refractivity contribution in [2.75, 3.05) is 6.61 Å². The minimum atomic E-state index is -0.724. The second kappa shape index (κ2) is 17.5. The van der Waals surface area contributed by atoms with Gasteiger partial charge in [-0.05, 0) is 117 Å². The van der Waals surface area contributed by atoms with E-state index in [-0.39, 0.29) is 17.7 Å². The lowest BCUT2D eigenvalue weighted by Gasteiger charge is -2.14. The molecule has 0 amide bonds. The van der Waals surface area contributed by atoms with Crippen molar-refractivity contribution in [3.8, 4) is 11.5 Å². The van der Waals surface area contributed by atoms with Crippen molar-refractivity contribution < 1.29 is 38.1 Å². The molecule has 0 bridgehead atoms. The van der Waals surface area contributed by atoms with Crippen LogP contribution in [0.2, 0.25) is 0 Å². The summed E-state index contributed by atoms with van der Waals surface area (Å²) in [4.78, 5) is 50.2. The zero-order chi connectivity index (χ0) is 33.6. The Balaban J connectivity index is 1.20. The molecule has 0 aliphatic rings. The van der Waals surface area contributed by atoms with Crippen molar-refractivity contribution in [1.29, 1.82) is 0 Å². The number of aryl methyl sites for hydroxylation is 2. The van der Waals surface area contributed by atoms with Gasteiger partial charge in [-0.2, -0.15) is 0 Å². The van der Waals surface area contributed by atoms with E-state index in [1.54, 1.807) is 31.2 Å². The highest BCUT2D eigenvalue weighted by atomic mass is 16.6. The summed E-state index contributed by atoms with van der Waals surface area (Å²) in [5.41, 5.74) is 3.72. The minimum Gasteiger partial charge on any atom is -0.458 e. The van der Waals surface area contributed by atoms with E-state index in [1.165, 1.54) is 59.7 Å². The van der Waals surface area contributed by atoms with E-state index in [0.717, 1.165) is 38.5 Å². The van der Waals surface area contributed by atoms with Crippen LogP contribution in [0, 0.1) is 0 Å². The minimum absolute atomic E-state index is 0.164. The van der Waals surface area contributed by atoms with Crippen LogP contribution in [-0.2, 0) is 22.3 Å². The van der Waals surface area contributed by atoms with Crippen molar-refractivity contribution in [2.45, 2.75) is 65.4 Å². The van der Waals surface area contributed by atoms with Crippen molar-refractivity contribution in [3.05, 3.63) is 130 Å². The maximum Gasteiger partial charge on any atom is 0.343 e. The molecule has 0 aliphatic heterocycles. The summed E-state index contributed by atoms with van der Waals surface area (Å²) < 4.78 is 21.6. The van der Waals surface area contributed by atoms with Crippen LogP contribution in [0.15, 0.2) is 97.1 Å². The molecule has 0 radical (unpaired) electrons. The molecule has 0 fully saturated rings. The molecule has 244 valence electrons. The van der Waals surface area contributed by atoms with Gasteiger partial charge in [-0.15, -0.1) is 0 Å². The van der Waals surface area contributed by atoms with Crippen LogP contribution < -0.4 is 9.47 Å². The van der Waals surface area contributed by atoms with Gasteiger partial charge >= 0.3 is 23.9 Å². The summed E-state index contributed by atoms with van der Waals surface area (Å²) in [6.07, 6.45) is 5.60. The number of carbonyl (C=O) groups excluding carboxylic acids is 4. The lowest BCUT2D eigenvalue weighted by molar-refractivity contribution is 0.00447. The number of hydrogen-bond donors (Lipinski definition) is 0. The van der Waals surface area contributed by atoms with Gasteiger partial charge in [-0.25, -0.2) is 19.2 Å². The van der Waals surface area contributed by atoms with Gasteiger partial charge in [0.05, 0.1) is 22.3 Å². The highest BCUT2D eigenvalue weighted by molar-refractivity contribution is 5.93. The van der Waals surface area contributed by atoms with Gasteiger partial charge < -0.3 is 18.9 Å². The van der Waals surface area contributed by atoms with Gasteiger partial charge in [0.2, 0.25) is 0 Å². The smallest absolute Gasteiger partial charge is 0.343 e. The number of benzene rings is 4. The highest BCUT2D eigenvalue weighted by Gasteiger charge is 2.17. The van der Waals surface area contributed by atoms with Crippen LogP contribution in [0.1, 0.15) is 99.0 Å². The van der Waals surface area contributed by atoms with Crippen molar-refractivity contribution in [3.63, 3.8) is 0 Å². The third kappa shape index (κ3) is 10.7. The molecule has 4 aromatic carbocycles.